The number of hydrogen-bond donors (Lipinski definition) is 1. The van der Waals surface area contributed by atoms with Crippen molar-refractivity contribution < 1.29 is 5.11 Å². The predicted octanol–water partition coefficient (Wildman–Crippen LogP) is 4.54. The summed E-state index contributed by atoms with van der Waals surface area (Å²) in [6.07, 6.45) is 5.79. The van der Waals surface area contributed by atoms with Crippen molar-refractivity contribution in [2.24, 2.45) is 0 Å². The largest absolute Gasteiger partial charge is 0.392 e. The van der Waals surface area contributed by atoms with E-state index in [4.69, 9.17) is 5.11 Å². The van der Waals surface area contributed by atoms with Crippen LogP contribution in [0.4, 0.5) is 0 Å². The molecular weight excluding hydrogens is 300 g/mol. The average Bonchev–Trinajstić information content (AvgIpc) is 2.46. The summed E-state index contributed by atoms with van der Waals surface area (Å²) < 4.78 is 1.07. The Bertz CT molecular complexity index is 568. The van der Waals surface area contributed by atoms with Crippen molar-refractivity contribution in [1.29, 1.82) is 0 Å². The Labute approximate surface area is 122 Å². The Morgan fingerprint density at radius 3 is 2.32 bits per heavy atom. The number of allylic oxidation sites excluding steroid dienone is 2. The zero-order valence-corrected chi connectivity index (χ0v) is 12.0. The van der Waals surface area contributed by atoms with E-state index in [-0.39, 0.29) is 6.61 Å². The molecule has 0 aliphatic carbocycles. The zero-order valence-electron chi connectivity index (χ0n) is 10.5. The molecule has 0 heterocycles. The molecule has 0 spiro atoms. The van der Waals surface area contributed by atoms with E-state index in [1.807, 2.05) is 36.4 Å². The van der Waals surface area contributed by atoms with E-state index in [9.17, 15) is 0 Å². The number of rotatable bonds is 4. The molecular formula is C17H15BrO. The molecule has 0 amide bonds. The molecule has 0 atom stereocenters. The van der Waals surface area contributed by atoms with Gasteiger partial charge in [0.15, 0.2) is 0 Å². The Balaban J connectivity index is 2.37. The van der Waals surface area contributed by atoms with Crippen molar-refractivity contribution in [2.75, 3.05) is 6.61 Å². The molecule has 0 radical (unpaired) electrons. The molecule has 2 rings (SSSR count). The summed E-state index contributed by atoms with van der Waals surface area (Å²) in [5, 5.41) is 8.94. The normalized spacial score (nSPS) is 12.0. The van der Waals surface area contributed by atoms with Gasteiger partial charge in [0, 0.05) is 4.47 Å². The number of benzene rings is 2. The zero-order chi connectivity index (χ0) is 13.5. The topological polar surface area (TPSA) is 20.2 Å². The Kier molecular flexibility index (Phi) is 5.13. The summed E-state index contributed by atoms with van der Waals surface area (Å²) in [5.41, 5.74) is 3.34. The van der Waals surface area contributed by atoms with Crippen LogP contribution >= 0.6 is 15.9 Å². The fraction of sp³-hybridized carbons (Fsp3) is 0.0588. The second-order valence-electron chi connectivity index (χ2n) is 4.10. The summed E-state index contributed by atoms with van der Waals surface area (Å²) in [6, 6.07) is 18.3. The highest BCUT2D eigenvalue weighted by atomic mass is 79.9. The second-order valence-corrected chi connectivity index (χ2v) is 5.02. The van der Waals surface area contributed by atoms with E-state index in [1.54, 1.807) is 6.08 Å². The highest BCUT2D eigenvalue weighted by Gasteiger charge is 1.98. The lowest BCUT2D eigenvalue weighted by atomic mass is 10.0. The van der Waals surface area contributed by atoms with E-state index in [1.165, 1.54) is 0 Å². The van der Waals surface area contributed by atoms with Gasteiger partial charge in [-0.1, -0.05) is 70.5 Å². The van der Waals surface area contributed by atoms with E-state index in [2.05, 4.69) is 46.3 Å². The first-order valence-corrected chi connectivity index (χ1v) is 6.89. The maximum Gasteiger partial charge on any atom is 0.0615 e. The van der Waals surface area contributed by atoms with Crippen molar-refractivity contribution >= 4 is 27.6 Å². The minimum atomic E-state index is 0.0461. The molecule has 96 valence electrons. The highest BCUT2D eigenvalue weighted by molar-refractivity contribution is 9.10. The van der Waals surface area contributed by atoms with Crippen LogP contribution in [0.2, 0.25) is 0 Å². The van der Waals surface area contributed by atoms with Gasteiger partial charge in [0.05, 0.1) is 6.61 Å². The number of halogens is 1. The maximum absolute atomic E-state index is 8.94. The fourth-order valence-corrected chi connectivity index (χ4v) is 2.04. The number of aliphatic hydroxyl groups is 1. The summed E-state index contributed by atoms with van der Waals surface area (Å²) in [7, 11) is 0. The summed E-state index contributed by atoms with van der Waals surface area (Å²) in [6.45, 7) is 0.0461. The molecule has 2 heteroatoms. The van der Waals surface area contributed by atoms with Gasteiger partial charge in [-0.3, -0.25) is 0 Å². The van der Waals surface area contributed by atoms with Gasteiger partial charge in [-0.05, 0) is 34.9 Å². The lowest BCUT2D eigenvalue weighted by Crippen LogP contribution is -1.82. The average molecular weight is 315 g/mol. The SMILES string of the molecule is OCC=CC(=Cc1ccc(Br)cc1)c1ccccc1. The molecule has 2 aromatic carbocycles. The predicted molar refractivity (Wildman–Crippen MR) is 84.7 cm³/mol. The van der Waals surface area contributed by atoms with Crippen LogP contribution in [-0.2, 0) is 0 Å². The third-order valence-electron chi connectivity index (χ3n) is 2.70. The summed E-state index contributed by atoms with van der Waals surface area (Å²) in [4.78, 5) is 0. The minimum Gasteiger partial charge on any atom is -0.392 e. The molecule has 0 saturated heterocycles. The monoisotopic (exact) mass is 314 g/mol. The molecule has 1 nitrogen and oxygen atoms in total. The van der Waals surface area contributed by atoms with Gasteiger partial charge in [-0.2, -0.15) is 0 Å². The summed E-state index contributed by atoms with van der Waals surface area (Å²) >= 11 is 3.43. The number of aliphatic hydroxyl groups excluding tert-OH is 1. The van der Waals surface area contributed by atoms with Gasteiger partial charge in [0.2, 0.25) is 0 Å². The molecule has 0 fully saturated rings. The van der Waals surface area contributed by atoms with Gasteiger partial charge in [-0.15, -0.1) is 0 Å². The quantitative estimate of drug-likeness (QED) is 0.649. The van der Waals surface area contributed by atoms with Gasteiger partial charge < -0.3 is 5.11 Å². The fourth-order valence-electron chi connectivity index (χ4n) is 1.78. The lowest BCUT2D eigenvalue weighted by molar-refractivity contribution is 0.343. The Morgan fingerprint density at radius 1 is 1.00 bits per heavy atom. The van der Waals surface area contributed by atoms with Gasteiger partial charge in [0.1, 0.15) is 0 Å². The molecule has 0 aromatic heterocycles. The van der Waals surface area contributed by atoms with Crippen LogP contribution < -0.4 is 0 Å². The van der Waals surface area contributed by atoms with E-state index in [0.717, 1.165) is 21.2 Å². The van der Waals surface area contributed by atoms with E-state index < -0.39 is 0 Å². The van der Waals surface area contributed by atoms with E-state index >= 15 is 0 Å². The van der Waals surface area contributed by atoms with Gasteiger partial charge in [-0.25, -0.2) is 0 Å². The van der Waals surface area contributed by atoms with Crippen LogP contribution in [0.15, 0.2) is 71.2 Å². The first-order chi connectivity index (χ1) is 9.29. The van der Waals surface area contributed by atoms with Gasteiger partial charge in [0.25, 0.3) is 0 Å². The molecule has 2 aromatic rings. The first-order valence-electron chi connectivity index (χ1n) is 6.09. The molecule has 1 N–H and O–H groups in total. The maximum atomic E-state index is 8.94. The number of hydrogen-bond acceptors (Lipinski definition) is 1. The van der Waals surface area contributed by atoms with Crippen LogP contribution in [0.25, 0.3) is 11.6 Å². The van der Waals surface area contributed by atoms with Crippen molar-refractivity contribution in [3.8, 4) is 0 Å². The first kappa shape index (κ1) is 13.8. The standard InChI is InChI=1S/C17H15BrO/c18-17-10-8-14(9-11-17)13-16(7-4-12-19)15-5-2-1-3-6-15/h1-11,13,19H,12H2. The van der Waals surface area contributed by atoms with Crippen LogP contribution in [0.5, 0.6) is 0 Å². The third-order valence-corrected chi connectivity index (χ3v) is 3.23. The second kappa shape index (κ2) is 7.07. The van der Waals surface area contributed by atoms with Crippen LogP contribution in [0.3, 0.4) is 0 Å². The molecule has 0 saturated carbocycles. The molecule has 19 heavy (non-hydrogen) atoms. The van der Waals surface area contributed by atoms with Crippen molar-refractivity contribution in [3.05, 3.63) is 82.3 Å². The van der Waals surface area contributed by atoms with Crippen LogP contribution in [0.1, 0.15) is 11.1 Å². The third kappa shape index (κ3) is 4.19. The van der Waals surface area contributed by atoms with Crippen LogP contribution in [0, 0.1) is 0 Å². The van der Waals surface area contributed by atoms with Crippen molar-refractivity contribution in [1.82, 2.24) is 0 Å². The van der Waals surface area contributed by atoms with Crippen LogP contribution in [-0.4, -0.2) is 11.7 Å². The van der Waals surface area contributed by atoms with Gasteiger partial charge >= 0.3 is 0 Å². The highest BCUT2D eigenvalue weighted by Crippen LogP contribution is 2.20. The molecule has 0 aliphatic heterocycles. The Morgan fingerprint density at radius 2 is 1.68 bits per heavy atom. The minimum absolute atomic E-state index is 0.0461. The molecule has 0 bridgehead atoms. The molecule has 0 unspecified atom stereocenters. The van der Waals surface area contributed by atoms with E-state index in [0.29, 0.717) is 0 Å². The Hall–Kier alpha value is -1.64. The lowest BCUT2D eigenvalue weighted by Gasteiger charge is -2.03. The smallest absolute Gasteiger partial charge is 0.0615 e. The molecule has 0 aliphatic rings. The van der Waals surface area contributed by atoms with Crippen molar-refractivity contribution in [2.45, 2.75) is 0 Å². The summed E-state index contributed by atoms with van der Waals surface area (Å²) in [5.74, 6) is 0. The van der Waals surface area contributed by atoms with Crippen molar-refractivity contribution in [3.63, 3.8) is 0 Å².